The first kappa shape index (κ1) is 22.2. The molecule has 0 aromatic carbocycles. The van der Waals surface area contributed by atoms with Crippen LogP contribution in [0.5, 0.6) is 0 Å². The van der Waals surface area contributed by atoms with E-state index in [1.165, 1.54) is 0 Å². The number of hydrogen-bond donors (Lipinski definition) is 1. The van der Waals surface area contributed by atoms with Crippen molar-refractivity contribution in [1.82, 2.24) is 14.7 Å². The minimum Gasteiger partial charge on any atom is -0.292 e. The van der Waals surface area contributed by atoms with Crippen molar-refractivity contribution in [1.29, 1.82) is 5.26 Å². The minimum absolute atomic E-state index is 0.0587. The summed E-state index contributed by atoms with van der Waals surface area (Å²) in [5.74, 6) is -4.78. The van der Waals surface area contributed by atoms with Crippen molar-refractivity contribution in [2.45, 2.75) is 57.0 Å². The van der Waals surface area contributed by atoms with Crippen LogP contribution in [-0.2, 0) is 17.4 Å². The van der Waals surface area contributed by atoms with E-state index in [4.69, 9.17) is 0 Å². The molecule has 2 aliphatic carbocycles. The number of carbonyl (C=O) groups is 2. The molecule has 1 N–H and O–H groups in total. The Balaban J connectivity index is 1.72. The van der Waals surface area contributed by atoms with E-state index in [2.05, 4.69) is 10.3 Å². The third-order valence-corrected chi connectivity index (χ3v) is 5.97. The number of imide groups is 1. The van der Waals surface area contributed by atoms with Gasteiger partial charge in [0.05, 0.1) is 5.69 Å². The van der Waals surface area contributed by atoms with Gasteiger partial charge in [0.15, 0.2) is 5.69 Å². The third kappa shape index (κ3) is 4.45. The van der Waals surface area contributed by atoms with Gasteiger partial charge in [-0.2, -0.15) is 18.4 Å². The number of pyridine rings is 1. The number of hydrogen-bond acceptors (Lipinski definition) is 4. The first-order valence-electron chi connectivity index (χ1n) is 10.2. The van der Waals surface area contributed by atoms with Gasteiger partial charge in [-0.25, -0.2) is 13.8 Å². The molecule has 0 unspecified atom stereocenters. The molecular weight excluding hydrogens is 435 g/mol. The summed E-state index contributed by atoms with van der Waals surface area (Å²) in [6.07, 6.45) is -4.38. The van der Waals surface area contributed by atoms with Gasteiger partial charge in [-0.05, 0) is 50.2 Å². The maximum Gasteiger partial charge on any atom is 0.435 e. The van der Waals surface area contributed by atoms with Crippen molar-refractivity contribution < 1.29 is 31.5 Å². The van der Waals surface area contributed by atoms with Crippen molar-refractivity contribution >= 4 is 17.5 Å². The molecule has 2 aromatic rings. The minimum atomic E-state index is -4.84. The molecule has 2 fully saturated rings. The predicted octanol–water partition coefficient (Wildman–Crippen LogP) is 4.26. The molecule has 0 atom stereocenters. The van der Waals surface area contributed by atoms with Crippen LogP contribution in [0.3, 0.4) is 0 Å². The number of nitrogens with zero attached hydrogens (tertiary/aromatic N) is 3. The molecule has 170 valence electrons. The molecule has 0 spiro atoms. The number of carbonyl (C=O) groups excluding carboxylic acids is 2. The zero-order valence-electron chi connectivity index (χ0n) is 16.8. The molecule has 2 saturated carbocycles. The maximum atomic E-state index is 13.7. The number of imidazole rings is 1. The molecule has 0 bridgehead atoms. The van der Waals surface area contributed by atoms with E-state index in [0.29, 0.717) is 12.8 Å². The van der Waals surface area contributed by atoms with Crippen LogP contribution >= 0.6 is 0 Å². The van der Waals surface area contributed by atoms with Gasteiger partial charge in [0.25, 0.3) is 5.91 Å². The molecule has 6 nitrogen and oxygen atoms in total. The summed E-state index contributed by atoms with van der Waals surface area (Å²) in [7, 11) is 0. The molecule has 2 heterocycles. The number of alkyl halides is 5. The van der Waals surface area contributed by atoms with Gasteiger partial charge in [-0.1, -0.05) is 0 Å². The second kappa shape index (κ2) is 7.83. The summed E-state index contributed by atoms with van der Waals surface area (Å²) in [5, 5.41) is 11.7. The molecule has 4 rings (SSSR count). The monoisotopic (exact) mass is 454 g/mol. The van der Waals surface area contributed by atoms with Gasteiger partial charge >= 0.3 is 6.18 Å². The van der Waals surface area contributed by atoms with E-state index in [9.17, 15) is 36.8 Å². The zero-order chi connectivity index (χ0) is 23.3. The summed E-state index contributed by atoms with van der Waals surface area (Å²) < 4.78 is 69.1. The second-order valence-electron chi connectivity index (χ2n) is 8.44. The number of aromatic nitrogens is 2. The Morgan fingerprint density at radius 1 is 1.19 bits per heavy atom. The van der Waals surface area contributed by atoms with E-state index in [0.717, 1.165) is 16.5 Å². The zero-order valence-corrected chi connectivity index (χ0v) is 16.8. The van der Waals surface area contributed by atoms with E-state index >= 15 is 0 Å². The molecule has 0 radical (unpaired) electrons. The standard InChI is InChI=1S/C21H19F5N4O2/c22-20(23)5-3-11(4-6-20)7-15-17(21(24,25)26)28-16-9-13(8-14(10-27)30(15)16)19(32)29-18(31)12-1-2-12/h8-9,11-12H,1-7H2,(H,29,31,32). The number of nitrogens with one attached hydrogen (secondary N) is 1. The van der Waals surface area contributed by atoms with Gasteiger partial charge in [0.1, 0.15) is 17.4 Å². The predicted molar refractivity (Wildman–Crippen MR) is 101 cm³/mol. The fraction of sp³-hybridized carbons (Fsp3) is 0.524. The highest BCUT2D eigenvalue weighted by atomic mass is 19.4. The molecule has 32 heavy (non-hydrogen) atoms. The fourth-order valence-corrected chi connectivity index (χ4v) is 4.07. The fourth-order valence-electron chi connectivity index (χ4n) is 4.07. The van der Waals surface area contributed by atoms with Crippen molar-refractivity contribution in [2.24, 2.45) is 11.8 Å². The van der Waals surface area contributed by atoms with Crippen molar-refractivity contribution in [3.8, 4) is 6.07 Å². The van der Waals surface area contributed by atoms with Crippen LogP contribution in [0.25, 0.3) is 5.65 Å². The SMILES string of the molecule is N#Cc1cc(C(=O)NC(=O)C2CC2)cc2nc(C(F)(F)F)c(CC3CCC(F)(F)CC3)n12. The van der Waals surface area contributed by atoms with Gasteiger partial charge in [0.2, 0.25) is 11.8 Å². The van der Waals surface area contributed by atoms with E-state index in [-0.39, 0.29) is 47.8 Å². The number of nitriles is 1. The lowest BCUT2D eigenvalue weighted by Crippen LogP contribution is -2.31. The highest BCUT2D eigenvalue weighted by Crippen LogP contribution is 2.40. The van der Waals surface area contributed by atoms with Gasteiger partial charge in [-0.15, -0.1) is 0 Å². The molecule has 0 aliphatic heterocycles. The van der Waals surface area contributed by atoms with E-state index in [1.54, 1.807) is 6.07 Å². The highest BCUT2D eigenvalue weighted by molar-refractivity contribution is 6.06. The Morgan fingerprint density at radius 2 is 1.84 bits per heavy atom. The Labute approximate surface area is 179 Å². The lowest BCUT2D eigenvalue weighted by Gasteiger charge is -2.28. The highest BCUT2D eigenvalue weighted by Gasteiger charge is 2.41. The maximum absolute atomic E-state index is 13.7. The Morgan fingerprint density at radius 3 is 2.41 bits per heavy atom. The lowest BCUT2D eigenvalue weighted by molar-refractivity contribution is -0.141. The topological polar surface area (TPSA) is 87.3 Å². The summed E-state index contributed by atoms with van der Waals surface area (Å²) in [6, 6.07) is 3.97. The molecule has 2 aliphatic rings. The van der Waals surface area contributed by atoms with Gasteiger partial charge in [-0.3, -0.25) is 19.3 Å². The number of halogens is 5. The van der Waals surface area contributed by atoms with Crippen LogP contribution in [0, 0.1) is 23.2 Å². The second-order valence-corrected chi connectivity index (χ2v) is 8.44. The summed E-state index contributed by atoms with van der Waals surface area (Å²) in [4.78, 5) is 27.9. The number of rotatable bonds is 4. The van der Waals surface area contributed by atoms with Crippen molar-refractivity contribution in [2.75, 3.05) is 0 Å². The summed E-state index contributed by atoms with van der Waals surface area (Å²) >= 11 is 0. The summed E-state index contributed by atoms with van der Waals surface area (Å²) in [5.41, 5.74) is -2.19. The normalized spacial score (nSPS) is 19.0. The quantitative estimate of drug-likeness (QED) is 0.553. The molecule has 11 heteroatoms. The van der Waals surface area contributed by atoms with Crippen LogP contribution in [0.2, 0.25) is 0 Å². The van der Waals surface area contributed by atoms with Crippen molar-refractivity contribution in [3.05, 3.63) is 34.8 Å². The van der Waals surface area contributed by atoms with Crippen LogP contribution < -0.4 is 5.32 Å². The first-order valence-corrected chi connectivity index (χ1v) is 10.2. The number of amides is 2. The Kier molecular flexibility index (Phi) is 5.43. The average Bonchev–Trinajstić information content (AvgIpc) is 3.50. The molecule has 2 aromatic heterocycles. The summed E-state index contributed by atoms with van der Waals surface area (Å²) in [6.45, 7) is 0. The Hall–Kier alpha value is -3.03. The number of fused-ring (bicyclic) bond motifs is 1. The van der Waals surface area contributed by atoms with Crippen molar-refractivity contribution in [3.63, 3.8) is 0 Å². The molecule has 2 amide bonds. The van der Waals surface area contributed by atoms with Gasteiger partial charge in [0, 0.05) is 24.3 Å². The smallest absolute Gasteiger partial charge is 0.292 e. The van der Waals surface area contributed by atoms with E-state index < -0.39 is 48.4 Å². The van der Waals surface area contributed by atoms with Gasteiger partial charge < -0.3 is 0 Å². The van der Waals surface area contributed by atoms with Crippen LogP contribution in [-0.4, -0.2) is 27.1 Å². The largest absolute Gasteiger partial charge is 0.435 e. The average molecular weight is 454 g/mol. The third-order valence-electron chi connectivity index (χ3n) is 5.97. The van der Waals surface area contributed by atoms with Crippen LogP contribution in [0.1, 0.15) is 66.0 Å². The van der Waals surface area contributed by atoms with Crippen LogP contribution in [0.4, 0.5) is 22.0 Å². The Bertz CT molecular complexity index is 1120. The van der Waals surface area contributed by atoms with Crippen LogP contribution in [0.15, 0.2) is 12.1 Å². The first-order chi connectivity index (χ1) is 15.0. The van der Waals surface area contributed by atoms with E-state index in [1.807, 2.05) is 0 Å². The molecule has 0 saturated heterocycles. The lowest BCUT2D eigenvalue weighted by atomic mass is 9.83. The molecular formula is C21H19F5N4O2.